The van der Waals surface area contributed by atoms with Gasteiger partial charge >= 0.3 is 0 Å². The number of para-hydroxylation sites is 1. The van der Waals surface area contributed by atoms with Crippen molar-refractivity contribution in [1.82, 2.24) is 0 Å². The van der Waals surface area contributed by atoms with Gasteiger partial charge in [0.2, 0.25) is 0 Å². The van der Waals surface area contributed by atoms with Gasteiger partial charge in [0.05, 0.1) is 11.9 Å². The fraction of sp³-hybridized carbons (Fsp3) is 0.150. The van der Waals surface area contributed by atoms with Crippen molar-refractivity contribution in [2.75, 3.05) is 18.9 Å². The summed E-state index contributed by atoms with van der Waals surface area (Å²) in [6.45, 7) is 1.29. The molecule has 0 aliphatic carbocycles. The molecular weight excluding hydrogens is 332 g/mol. The number of likely N-dealkylation sites (N-methyl/N-ethyl adjacent to an activating group) is 1. The number of quaternary nitrogens is 1. The Hall–Kier alpha value is -2.63. The molecule has 25 heavy (non-hydrogen) atoms. The van der Waals surface area contributed by atoms with Crippen molar-refractivity contribution in [3.8, 4) is 0 Å². The summed E-state index contributed by atoms with van der Waals surface area (Å²) in [5, 5.41) is 7.15. The number of fused-ring (bicyclic) bond motifs is 3. The minimum absolute atomic E-state index is 0.0150. The van der Waals surface area contributed by atoms with Crippen molar-refractivity contribution in [3.63, 3.8) is 0 Å². The summed E-state index contributed by atoms with van der Waals surface area (Å²) in [6, 6.07) is 17.9. The van der Waals surface area contributed by atoms with E-state index in [0.717, 1.165) is 39.1 Å². The van der Waals surface area contributed by atoms with Crippen LogP contribution in [-0.2, 0) is 11.3 Å². The number of amides is 1. The van der Waals surface area contributed by atoms with Crippen molar-refractivity contribution in [1.29, 1.82) is 0 Å². The topological polar surface area (TPSA) is 46.7 Å². The molecule has 4 nitrogen and oxygen atoms in total. The zero-order valence-electron chi connectivity index (χ0n) is 13.9. The van der Waals surface area contributed by atoms with E-state index in [4.69, 9.17) is 4.42 Å². The second-order valence-corrected chi connectivity index (χ2v) is 7.28. The van der Waals surface area contributed by atoms with Crippen LogP contribution >= 0.6 is 11.3 Å². The molecule has 0 aliphatic rings. The molecule has 2 N–H and O–H groups in total. The molecule has 0 bridgehead atoms. The van der Waals surface area contributed by atoms with E-state index in [1.54, 1.807) is 11.3 Å². The largest absolute Gasteiger partial charge is 0.456 e. The molecule has 0 spiro atoms. The zero-order chi connectivity index (χ0) is 17.2. The number of carbonyl (C=O) groups excluding carboxylic acids is 1. The Morgan fingerprint density at radius 2 is 1.92 bits per heavy atom. The number of hydrogen-bond donors (Lipinski definition) is 2. The monoisotopic (exact) mass is 351 g/mol. The summed E-state index contributed by atoms with van der Waals surface area (Å²) in [7, 11) is 2.03. The SMILES string of the molecule is C[NH+](CC(=O)Nc1ccc2oc3ccccc3c2c1)Cc1cccs1. The maximum Gasteiger partial charge on any atom is 0.279 e. The van der Waals surface area contributed by atoms with Gasteiger partial charge in [0.25, 0.3) is 5.91 Å². The Morgan fingerprint density at radius 1 is 1.08 bits per heavy atom. The molecule has 4 aromatic rings. The van der Waals surface area contributed by atoms with Crippen molar-refractivity contribution in [2.45, 2.75) is 6.54 Å². The van der Waals surface area contributed by atoms with Gasteiger partial charge < -0.3 is 14.6 Å². The molecule has 0 radical (unpaired) electrons. The summed E-state index contributed by atoms with van der Waals surface area (Å²) in [4.78, 5) is 14.8. The number of nitrogens with one attached hydrogen (secondary N) is 2. The number of hydrogen-bond acceptors (Lipinski definition) is 3. The first kappa shape index (κ1) is 15.9. The maximum absolute atomic E-state index is 12.3. The normalized spacial score (nSPS) is 12.5. The number of benzene rings is 2. The van der Waals surface area contributed by atoms with Crippen LogP contribution in [-0.4, -0.2) is 19.5 Å². The minimum atomic E-state index is 0.0150. The van der Waals surface area contributed by atoms with Gasteiger partial charge in [-0.2, -0.15) is 0 Å². The second-order valence-electron chi connectivity index (χ2n) is 6.25. The van der Waals surface area contributed by atoms with Crippen LogP contribution in [0.25, 0.3) is 21.9 Å². The third kappa shape index (κ3) is 3.43. The lowest BCUT2D eigenvalue weighted by molar-refractivity contribution is -0.884. The van der Waals surface area contributed by atoms with Crippen molar-refractivity contribution >= 4 is 44.9 Å². The average Bonchev–Trinajstić information content (AvgIpc) is 3.21. The van der Waals surface area contributed by atoms with Crippen LogP contribution in [0.2, 0.25) is 0 Å². The van der Waals surface area contributed by atoms with Gasteiger partial charge in [0.1, 0.15) is 17.7 Å². The van der Waals surface area contributed by atoms with Crippen molar-refractivity contribution in [2.24, 2.45) is 0 Å². The summed E-state index contributed by atoms with van der Waals surface area (Å²) in [6.07, 6.45) is 0. The Morgan fingerprint density at radius 3 is 2.76 bits per heavy atom. The number of thiophene rings is 1. The summed E-state index contributed by atoms with van der Waals surface area (Å²) >= 11 is 1.72. The first-order chi connectivity index (χ1) is 12.2. The van der Waals surface area contributed by atoms with Gasteiger partial charge in [-0.25, -0.2) is 0 Å². The molecule has 1 amide bonds. The fourth-order valence-corrected chi connectivity index (χ4v) is 3.87. The van der Waals surface area contributed by atoms with Gasteiger partial charge in [-0.05, 0) is 35.7 Å². The summed E-state index contributed by atoms with van der Waals surface area (Å²) in [5.74, 6) is 0.0150. The van der Waals surface area contributed by atoms with Crippen LogP contribution in [0.15, 0.2) is 64.4 Å². The molecule has 0 saturated carbocycles. The Labute approximate surface area is 149 Å². The number of anilines is 1. The van der Waals surface area contributed by atoms with Gasteiger partial charge in [0.15, 0.2) is 6.54 Å². The highest BCUT2D eigenvalue weighted by molar-refractivity contribution is 7.09. The first-order valence-electron chi connectivity index (χ1n) is 8.24. The summed E-state index contributed by atoms with van der Waals surface area (Å²) < 4.78 is 5.82. The van der Waals surface area contributed by atoms with E-state index < -0.39 is 0 Å². The van der Waals surface area contributed by atoms with E-state index in [-0.39, 0.29) is 5.91 Å². The number of furan rings is 1. The highest BCUT2D eigenvalue weighted by Crippen LogP contribution is 2.30. The Bertz CT molecular complexity index is 1020. The lowest BCUT2D eigenvalue weighted by atomic mass is 10.1. The molecule has 0 saturated heterocycles. The standard InChI is InChI=1S/C20H18N2O2S/c1-22(12-15-5-4-10-25-15)13-20(23)21-14-8-9-19-17(11-14)16-6-2-3-7-18(16)24-19/h2-11H,12-13H2,1H3,(H,21,23)/p+1. The lowest BCUT2D eigenvalue weighted by Crippen LogP contribution is -3.08. The third-order valence-corrected chi connectivity index (χ3v) is 5.06. The molecule has 2 aromatic heterocycles. The Kier molecular flexibility index (Phi) is 4.26. The van der Waals surface area contributed by atoms with Crippen molar-refractivity contribution < 1.29 is 14.1 Å². The molecule has 2 heterocycles. The van der Waals surface area contributed by atoms with Gasteiger partial charge in [-0.1, -0.05) is 24.3 Å². The van der Waals surface area contributed by atoms with Gasteiger partial charge in [-0.3, -0.25) is 4.79 Å². The van der Waals surface area contributed by atoms with E-state index in [2.05, 4.69) is 16.8 Å². The highest BCUT2D eigenvalue weighted by Gasteiger charge is 2.13. The van der Waals surface area contributed by atoms with E-state index in [1.807, 2.05) is 55.6 Å². The van der Waals surface area contributed by atoms with Crippen molar-refractivity contribution in [3.05, 3.63) is 64.9 Å². The number of carbonyl (C=O) groups is 1. The molecular formula is C20H19N2O2S+. The first-order valence-corrected chi connectivity index (χ1v) is 9.12. The fourth-order valence-electron chi connectivity index (χ4n) is 3.06. The smallest absolute Gasteiger partial charge is 0.279 e. The molecule has 5 heteroatoms. The van der Waals surface area contributed by atoms with E-state index in [0.29, 0.717) is 6.54 Å². The van der Waals surface area contributed by atoms with E-state index in [9.17, 15) is 4.79 Å². The summed E-state index contributed by atoms with van der Waals surface area (Å²) in [5.41, 5.74) is 2.49. The zero-order valence-corrected chi connectivity index (χ0v) is 14.7. The lowest BCUT2D eigenvalue weighted by Gasteiger charge is -2.13. The van der Waals surface area contributed by atoms with Crippen LogP contribution in [0.3, 0.4) is 0 Å². The molecule has 1 unspecified atom stereocenters. The predicted molar refractivity (Wildman–Crippen MR) is 102 cm³/mol. The number of rotatable bonds is 5. The molecule has 1 atom stereocenters. The minimum Gasteiger partial charge on any atom is -0.456 e. The molecule has 0 aliphatic heterocycles. The molecule has 0 fully saturated rings. The van der Waals surface area contributed by atoms with E-state index in [1.165, 1.54) is 4.88 Å². The highest BCUT2D eigenvalue weighted by atomic mass is 32.1. The Balaban J connectivity index is 1.48. The van der Waals surface area contributed by atoms with Crippen LogP contribution in [0, 0.1) is 0 Å². The van der Waals surface area contributed by atoms with Crippen LogP contribution < -0.4 is 10.2 Å². The van der Waals surface area contributed by atoms with Gasteiger partial charge in [-0.15, -0.1) is 11.3 Å². The van der Waals surface area contributed by atoms with Crippen LogP contribution in [0.1, 0.15) is 4.88 Å². The molecule has 4 rings (SSSR count). The van der Waals surface area contributed by atoms with Crippen LogP contribution in [0.4, 0.5) is 5.69 Å². The molecule has 2 aromatic carbocycles. The second kappa shape index (κ2) is 6.70. The van der Waals surface area contributed by atoms with Gasteiger partial charge in [0, 0.05) is 16.5 Å². The average molecular weight is 351 g/mol. The third-order valence-electron chi connectivity index (χ3n) is 4.18. The predicted octanol–water partition coefficient (Wildman–Crippen LogP) is 3.30. The van der Waals surface area contributed by atoms with E-state index >= 15 is 0 Å². The van der Waals surface area contributed by atoms with Crippen LogP contribution in [0.5, 0.6) is 0 Å². The quantitative estimate of drug-likeness (QED) is 0.579. The maximum atomic E-state index is 12.3. The molecule has 126 valence electrons.